The van der Waals surface area contributed by atoms with Gasteiger partial charge in [0.1, 0.15) is 5.78 Å². The van der Waals surface area contributed by atoms with Crippen molar-refractivity contribution in [3.63, 3.8) is 0 Å². The van der Waals surface area contributed by atoms with Crippen LogP contribution < -0.4 is 5.32 Å². The van der Waals surface area contributed by atoms with Crippen molar-refractivity contribution >= 4 is 21.7 Å². The van der Waals surface area contributed by atoms with Gasteiger partial charge in [0.2, 0.25) is 0 Å². The van der Waals surface area contributed by atoms with Crippen LogP contribution in [0.4, 0.5) is 0 Å². The molecule has 0 aromatic heterocycles. The van der Waals surface area contributed by atoms with E-state index in [0.717, 1.165) is 30.4 Å². The van der Waals surface area contributed by atoms with E-state index in [2.05, 4.69) is 74.7 Å². The minimum Gasteiger partial charge on any atom is -0.298 e. The van der Waals surface area contributed by atoms with E-state index in [0.29, 0.717) is 5.92 Å². The number of carbonyl (C=O) groups excluding carboxylic acids is 1. The molecule has 2 bridgehead atoms. The SMILES string of the molecule is CC(=O)C1NC2Cc3ccccc3CC1CN2Cc1cccc(Br)c1. The molecule has 3 atom stereocenters. The van der Waals surface area contributed by atoms with Crippen LogP contribution in [0, 0.1) is 5.92 Å². The second kappa shape index (κ2) is 7.02. The summed E-state index contributed by atoms with van der Waals surface area (Å²) in [5, 5.41) is 3.65. The molecule has 0 aliphatic carbocycles. The van der Waals surface area contributed by atoms with E-state index in [-0.39, 0.29) is 18.0 Å². The zero-order valence-corrected chi connectivity index (χ0v) is 16.0. The highest BCUT2D eigenvalue weighted by molar-refractivity contribution is 9.10. The van der Waals surface area contributed by atoms with Gasteiger partial charge in [-0.25, -0.2) is 0 Å². The maximum atomic E-state index is 12.2. The maximum Gasteiger partial charge on any atom is 0.147 e. The second-order valence-electron chi connectivity index (χ2n) is 7.27. The maximum absolute atomic E-state index is 12.2. The van der Waals surface area contributed by atoms with Crippen LogP contribution in [0.5, 0.6) is 0 Å². The molecular formula is C21H23BrN2O. The van der Waals surface area contributed by atoms with Crippen molar-refractivity contribution in [1.82, 2.24) is 10.2 Å². The minimum atomic E-state index is -0.0304. The van der Waals surface area contributed by atoms with Gasteiger partial charge in [0.05, 0.1) is 12.2 Å². The second-order valence-corrected chi connectivity index (χ2v) is 8.18. The molecule has 1 saturated heterocycles. The molecule has 0 radical (unpaired) electrons. The van der Waals surface area contributed by atoms with E-state index < -0.39 is 0 Å². The van der Waals surface area contributed by atoms with E-state index in [1.165, 1.54) is 16.7 Å². The van der Waals surface area contributed by atoms with E-state index in [1.807, 2.05) is 0 Å². The number of carbonyl (C=O) groups is 1. The van der Waals surface area contributed by atoms with Gasteiger partial charge in [0.25, 0.3) is 0 Å². The molecule has 3 heterocycles. The van der Waals surface area contributed by atoms with E-state index >= 15 is 0 Å². The Morgan fingerprint density at radius 1 is 1.16 bits per heavy atom. The first-order valence-electron chi connectivity index (χ1n) is 8.92. The fourth-order valence-corrected chi connectivity index (χ4v) is 4.74. The summed E-state index contributed by atoms with van der Waals surface area (Å²) in [5.41, 5.74) is 4.12. The van der Waals surface area contributed by atoms with Crippen LogP contribution in [0.1, 0.15) is 23.6 Å². The molecule has 3 unspecified atom stereocenters. The highest BCUT2D eigenvalue weighted by Crippen LogP contribution is 2.30. The van der Waals surface area contributed by atoms with Crippen molar-refractivity contribution in [2.45, 2.75) is 38.5 Å². The van der Waals surface area contributed by atoms with Crippen LogP contribution in [0.3, 0.4) is 0 Å². The molecule has 2 aromatic rings. The molecule has 3 nitrogen and oxygen atoms in total. The zero-order chi connectivity index (χ0) is 17.4. The predicted octanol–water partition coefficient (Wildman–Crippen LogP) is 3.55. The number of nitrogens with zero attached hydrogens (tertiary/aromatic N) is 1. The summed E-state index contributed by atoms with van der Waals surface area (Å²) in [7, 11) is 0. The molecule has 130 valence electrons. The fourth-order valence-electron chi connectivity index (χ4n) is 4.29. The summed E-state index contributed by atoms with van der Waals surface area (Å²) in [6, 6.07) is 17.2. The van der Waals surface area contributed by atoms with E-state index in [1.54, 1.807) is 6.92 Å². The lowest BCUT2D eigenvalue weighted by Crippen LogP contribution is -2.63. The lowest BCUT2D eigenvalue weighted by molar-refractivity contribution is -0.123. The van der Waals surface area contributed by atoms with Crippen molar-refractivity contribution in [3.05, 3.63) is 69.7 Å². The number of hydrogen-bond donors (Lipinski definition) is 1. The Hall–Kier alpha value is -1.49. The van der Waals surface area contributed by atoms with Crippen molar-refractivity contribution < 1.29 is 4.79 Å². The zero-order valence-electron chi connectivity index (χ0n) is 14.4. The number of Topliss-reactive ketones (excluding diaryl/α,β-unsaturated/α-hetero) is 1. The van der Waals surface area contributed by atoms with Crippen LogP contribution in [-0.4, -0.2) is 29.4 Å². The van der Waals surface area contributed by atoms with Crippen molar-refractivity contribution in [2.75, 3.05) is 6.54 Å². The molecule has 5 rings (SSSR count). The first-order chi connectivity index (χ1) is 12.1. The van der Waals surface area contributed by atoms with Crippen LogP contribution in [0.25, 0.3) is 0 Å². The number of nitrogens with one attached hydrogen (secondary N) is 1. The number of hydrogen-bond acceptors (Lipinski definition) is 3. The molecule has 0 amide bonds. The summed E-state index contributed by atoms with van der Waals surface area (Å²) < 4.78 is 1.11. The van der Waals surface area contributed by atoms with Gasteiger partial charge in [-0.05, 0) is 48.1 Å². The first-order valence-corrected chi connectivity index (χ1v) is 9.71. The van der Waals surface area contributed by atoms with Crippen LogP contribution >= 0.6 is 15.9 Å². The normalized spacial score (nSPS) is 25.9. The number of halogens is 1. The van der Waals surface area contributed by atoms with Gasteiger partial charge in [0, 0.05) is 24.0 Å². The monoisotopic (exact) mass is 398 g/mol. The highest BCUT2D eigenvalue weighted by atomic mass is 79.9. The number of ketones is 1. The van der Waals surface area contributed by atoms with Gasteiger partial charge < -0.3 is 0 Å². The van der Waals surface area contributed by atoms with Crippen LogP contribution in [-0.2, 0) is 24.2 Å². The molecular weight excluding hydrogens is 376 g/mol. The van der Waals surface area contributed by atoms with Crippen molar-refractivity contribution in [1.29, 1.82) is 0 Å². The van der Waals surface area contributed by atoms with Gasteiger partial charge in [0.15, 0.2) is 0 Å². The molecule has 1 N–H and O–H groups in total. The Kier molecular flexibility index (Phi) is 4.76. The van der Waals surface area contributed by atoms with Gasteiger partial charge >= 0.3 is 0 Å². The molecule has 2 aromatic carbocycles. The number of benzene rings is 2. The average Bonchev–Trinajstić information content (AvgIpc) is 2.55. The third-order valence-corrected chi connectivity index (χ3v) is 5.97. The Balaban J connectivity index is 1.64. The number of fused-ring (bicyclic) bond motifs is 2. The Bertz CT molecular complexity index is 791. The van der Waals surface area contributed by atoms with Crippen LogP contribution in [0.2, 0.25) is 0 Å². The summed E-state index contributed by atoms with van der Waals surface area (Å²) in [6.07, 6.45) is 2.11. The third-order valence-electron chi connectivity index (χ3n) is 5.48. The summed E-state index contributed by atoms with van der Waals surface area (Å²) in [4.78, 5) is 14.7. The lowest BCUT2D eigenvalue weighted by atomic mass is 9.81. The number of rotatable bonds is 3. The van der Waals surface area contributed by atoms with E-state index in [4.69, 9.17) is 0 Å². The standard InChI is InChI=1S/C21H23BrN2O/c1-14(25)21-18-10-16-6-2-3-7-17(16)11-20(23-21)24(13-18)12-15-5-4-8-19(22)9-15/h2-9,18,20-21,23H,10-13H2,1H3. The van der Waals surface area contributed by atoms with Crippen LogP contribution in [0.15, 0.2) is 53.0 Å². The Labute approximate surface area is 157 Å². The van der Waals surface area contributed by atoms with E-state index in [9.17, 15) is 4.79 Å². The highest BCUT2D eigenvalue weighted by Gasteiger charge is 2.39. The topological polar surface area (TPSA) is 32.3 Å². The first kappa shape index (κ1) is 17.0. The summed E-state index contributed by atoms with van der Waals surface area (Å²) in [5.74, 6) is 0.582. The Morgan fingerprint density at radius 2 is 1.92 bits per heavy atom. The molecule has 0 saturated carbocycles. The summed E-state index contributed by atoms with van der Waals surface area (Å²) in [6.45, 7) is 3.59. The minimum absolute atomic E-state index is 0.0304. The molecule has 4 heteroatoms. The molecule has 0 spiro atoms. The average molecular weight is 399 g/mol. The quantitative estimate of drug-likeness (QED) is 0.857. The smallest absolute Gasteiger partial charge is 0.147 e. The third kappa shape index (κ3) is 3.57. The largest absolute Gasteiger partial charge is 0.298 e. The fraction of sp³-hybridized carbons (Fsp3) is 0.381. The van der Waals surface area contributed by atoms with Crippen molar-refractivity contribution in [2.24, 2.45) is 5.92 Å². The molecule has 25 heavy (non-hydrogen) atoms. The van der Waals surface area contributed by atoms with Crippen molar-refractivity contribution in [3.8, 4) is 0 Å². The Morgan fingerprint density at radius 3 is 2.64 bits per heavy atom. The van der Waals surface area contributed by atoms with Gasteiger partial charge in [-0.3, -0.25) is 15.0 Å². The molecule has 3 aliphatic rings. The van der Waals surface area contributed by atoms with Gasteiger partial charge in [-0.15, -0.1) is 0 Å². The van der Waals surface area contributed by atoms with Gasteiger partial charge in [-0.2, -0.15) is 0 Å². The van der Waals surface area contributed by atoms with Gasteiger partial charge in [-0.1, -0.05) is 52.3 Å². The summed E-state index contributed by atoms with van der Waals surface area (Å²) >= 11 is 3.57. The molecule has 3 aliphatic heterocycles. The predicted molar refractivity (Wildman–Crippen MR) is 103 cm³/mol. The lowest BCUT2D eigenvalue weighted by Gasteiger charge is -2.46. The molecule has 1 fully saturated rings.